The molecule has 108 valence electrons. The maximum Gasteiger partial charge on any atom is 0.325 e. The van der Waals surface area contributed by atoms with Crippen molar-refractivity contribution in [3.8, 4) is 0 Å². The first kappa shape index (κ1) is 18.2. The average molecular weight is 307 g/mol. The van der Waals surface area contributed by atoms with Gasteiger partial charge in [-0.3, -0.25) is 9.69 Å². The summed E-state index contributed by atoms with van der Waals surface area (Å²) in [4.78, 5) is 13.5. The lowest BCUT2D eigenvalue weighted by atomic mass is 10.0. The van der Waals surface area contributed by atoms with Gasteiger partial charge < -0.3 is 10.4 Å². The molecule has 2 N–H and O–H groups in total. The summed E-state index contributed by atoms with van der Waals surface area (Å²) in [5.74, 6) is -0.766. The number of nitrogens with zero attached hydrogens (tertiary/aromatic N) is 1. The van der Waals surface area contributed by atoms with Crippen molar-refractivity contribution >= 4 is 30.8 Å². The van der Waals surface area contributed by atoms with Crippen LogP contribution in [-0.4, -0.2) is 42.2 Å². The van der Waals surface area contributed by atoms with Crippen LogP contribution in [0.5, 0.6) is 0 Å². The number of hydrogen-bond acceptors (Lipinski definition) is 3. The molecule has 1 aromatic carbocycles. The summed E-state index contributed by atoms with van der Waals surface area (Å²) >= 11 is 0. The van der Waals surface area contributed by atoms with Crippen LogP contribution < -0.4 is 5.32 Å². The van der Waals surface area contributed by atoms with Gasteiger partial charge in [-0.2, -0.15) is 0 Å². The number of carboxylic acid groups (broad SMARTS) is 1. The molecule has 2 rings (SSSR count). The first-order chi connectivity index (χ1) is 8.18. The fourth-order valence-electron chi connectivity index (χ4n) is 2.29. The van der Waals surface area contributed by atoms with Crippen molar-refractivity contribution in [1.82, 2.24) is 10.2 Å². The van der Waals surface area contributed by atoms with Gasteiger partial charge in [0.05, 0.1) is 0 Å². The van der Waals surface area contributed by atoms with Crippen molar-refractivity contribution in [2.24, 2.45) is 0 Å². The van der Waals surface area contributed by atoms with E-state index in [0.29, 0.717) is 0 Å². The van der Waals surface area contributed by atoms with Gasteiger partial charge in [0.25, 0.3) is 0 Å². The molecule has 0 bridgehead atoms. The highest BCUT2D eigenvalue weighted by molar-refractivity contribution is 5.85. The Kier molecular flexibility index (Phi) is 8.02. The highest BCUT2D eigenvalue weighted by atomic mass is 35.5. The Bertz CT molecular complexity index is 409. The first-order valence-corrected chi connectivity index (χ1v) is 5.92. The molecule has 1 aromatic rings. The largest absolute Gasteiger partial charge is 0.480 e. The third-order valence-corrected chi connectivity index (χ3v) is 3.11. The maximum atomic E-state index is 11.4. The Morgan fingerprint density at radius 2 is 1.95 bits per heavy atom. The monoisotopic (exact) mass is 306 g/mol. The number of carboxylic acids is 1. The van der Waals surface area contributed by atoms with Gasteiger partial charge in [-0.25, -0.2) is 0 Å². The van der Waals surface area contributed by atoms with Crippen LogP contribution in [0, 0.1) is 6.92 Å². The van der Waals surface area contributed by atoms with E-state index >= 15 is 0 Å². The standard InChI is InChI=1S/C13H18N2O2.2ClH/c1-10-3-2-4-11(9-10)12(13(16)17)15-7-5-14-6-8-15;;/h2-4,9,12,14H,5-8H2,1H3,(H,16,17);2*1H. The zero-order valence-electron chi connectivity index (χ0n) is 10.8. The third kappa shape index (κ3) is 4.66. The van der Waals surface area contributed by atoms with Gasteiger partial charge in [0, 0.05) is 26.2 Å². The quantitative estimate of drug-likeness (QED) is 0.895. The lowest BCUT2D eigenvalue weighted by Crippen LogP contribution is -2.47. The number of piperazine rings is 1. The van der Waals surface area contributed by atoms with Crippen molar-refractivity contribution in [3.63, 3.8) is 0 Å². The van der Waals surface area contributed by atoms with Crippen LogP contribution in [0.2, 0.25) is 0 Å². The molecule has 1 saturated heterocycles. The second-order valence-electron chi connectivity index (χ2n) is 4.44. The number of rotatable bonds is 3. The van der Waals surface area contributed by atoms with Crippen molar-refractivity contribution in [2.75, 3.05) is 26.2 Å². The summed E-state index contributed by atoms with van der Waals surface area (Å²) in [5.41, 5.74) is 1.98. The van der Waals surface area contributed by atoms with Gasteiger partial charge in [0.15, 0.2) is 0 Å². The summed E-state index contributed by atoms with van der Waals surface area (Å²) in [6.07, 6.45) is 0. The Labute approximate surface area is 126 Å². The first-order valence-electron chi connectivity index (χ1n) is 5.92. The molecule has 1 aliphatic heterocycles. The van der Waals surface area contributed by atoms with Crippen LogP contribution in [0.4, 0.5) is 0 Å². The molecule has 0 aliphatic carbocycles. The Balaban J connectivity index is 0.00000162. The molecule has 0 amide bonds. The number of hydrogen-bond donors (Lipinski definition) is 2. The van der Waals surface area contributed by atoms with E-state index in [1.807, 2.05) is 36.1 Å². The van der Waals surface area contributed by atoms with Gasteiger partial charge in [-0.05, 0) is 12.5 Å². The lowest BCUT2D eigenvalue weighted by molar-refractivity contribution is -0.143. The minimum Gasteiger partial charge on any atom is -0.480 e. The van der Waals surface area contributed by atoms with Crippen LogP contribution in [-0.2, 0) is 4.79 Å². The number of nitrogens with one attached hydrogen (secondary N) is 1. The molecule has 1 aliphatic rings. The van der Waals surface area contributed by atoms with Crippen LogP contribution in [0.1, 0.15) is 17.2 Å². The van der Waals surface area contributed by atoms with Crippen molar-refractivity contribution in [3.05, 3.63) is 35.4 Å². The van der Waals surface area contributed by atoms with Gasteiger partial charge in [0.1, 0.15) is 6.04 Å². The Morgan fingerprint density at radius 3 is 2.47 bits per heavy atom. The molecule has 1 unspecified atom stereocenters. The molecule has 0 aromatic heterocycles. The maximum absolute atomic E-state index is 11.4. The average Bonchev–Trinajstić information content (AvgIpc) is 2.30. The fourth-order valence-corrected chi connectivity index (χ4v) is 2.29. The van der Waals surface area contributed by atoms with E-state index in [1.54, 1.807) is 0 Å². The summed E-state index contributed by atoms with van der Waals surface area (Å²) in [5, 5.41) is 12.6. The second kappa shape index (κ2) is 8.38. The SMILES string of the molecule is Cc1cccc(C(C(=O)O)N2CCNCC2)c1.Cl.Cl. The number of aliphatic carboxylic acids is 1. The number of carbonyl (C=O) groups is 1. The molecule has 0 saturated carbocycles. The predicted molar refractivity (Wildman–Crippen MR) is 80.5 cm³/mol. The smallest absolute Gasteiger partial charge is 0.325 e. The van der Waals surface area contributed by atoms with Gasteiger partial charge in [0.2, 0.25) is 0 Å². The molecular weight excluding hydrogens is 287 g/mol. The van der Waals surface area contributed by atoms with E-state index in [-0.39, 0.29) is 24.8 Å². The highest BCUT2D eigenvalue weighted by Gasteiger charge is 2.28. The van der Waals surface area contributed by atoms with Gasteiger partial charge >= 0.3 is 5.97 Å². The zero-order chi connectivity index (χ0) is 12.3. The normalized spacial score (nSPS) is 16.9. The van der Waals surface area contributed by atoms with Crippen molar-refractivity contribution < 1.29 is 9.90 Å². The molecule has 1 atom stereocenters. The predicted octanol–water partition coefficient (Wildman–Crippen LogP) is 1.87. The number of benzene rings is 1. The van der Waals surface area contributed by atoms with Crippen molar-refractivity contribution in [1.29, 1.82) is 0 Å². The third-order valence-electron chi connectivity index (χ3n) is 3.11. The van der Waals surface area contributed by atoms with Crippen LogP contribution in [0.25, 0.3) is 0 Å². The topological polar surface area (TPSA) is 52.6 Å². The van der Waals surface area contributed by atoms with E-state index < -0.39 is 12.0 Å². The fraction of sp³-hybridized carbons (Fsp3) is 0.462. The summed E-state index contributed by atoms with van der Waals surface area (Å²) < 4.78 is 0. The van der Waals surface area contributed by atoms with Crippen LogP contribution in [0.3, 0.4) is 0 Å². The molecule has 19 heavy (non-hydrogen) atoms. The molecule has 4 nitrogen and oxygen atoms in total. The van der Waals surface area contributed by atoms with Crippen LogP contribution in [0.15, 0.2) is 24.3 Å². The number of halogens is 2. The Morgan fingerprint density at radius 1 is 1.32 bits per heavy atom. The van der Waals surface area contributed by atoms with E-state index in [0.717, 1.165) is 37.3 Å². The van der Waals surface area contributed by atoms with Crippen LogP contribution >= 0.6 is 24.8 Å². The van der Waals surface area contributed by atoms with E-state index in [1.165, 1.54) is 0 Å². The Hall–Kier alpha value is -0.810. The van der Waals surface area contributed by atoms with E-state index in [9.17, 15) is 9.90 Å². The molecule has 0 radical (unpaired) electrons. The molecule has 1 heterocycles. The minimum atomic E-state index is -0.766. The minimum absolute atomic E-state index is 0. The molecule has 0 spiro atoms. The zero-order valence-corrected chi connectivity index (χ0v) is 12.5. The second-order valence-corrected chi connectivity index (χ2v) is 4.44. The summed E-state index contributed by atoms with van der Waals surface area (Å²) in [6, 6.07) is 7.24. The van der Waals surface area contributed by atoms with Gasteiger partial charge in [-0.15, -0.1) is 24.8 Å². The summed E-state index contributed by atoms with van der Waals surface area (Å²) in [7, 11) is 0. The number of aryl methyl sites for hydroxylation is 1. The van der Waals surface area contributed by atoms with Gasteiger partial charge in [-0.1, -0.05) is 29.8 Å². The summed E-state index contributed by atoms with van der Waals surface area (Å²) in [6.45, 7) is 5.27. The van der Waals surface area contributed by atoms with E-state index in [4.69, 9.17) is 0 Å². The molecular formula is C13H20Cl2N2O2. The highest BCUT2D eigenvalue weighted by Crippen LogP contribution is 2.22. The lowest BCUT2D eigenvalue weighted by Gasteiger charge is -2.32. The van der Waals surface area contributed by atoms with Crippen molar-refractivity contribution in [2.45, 2.75) is 13.0 Å². The molecule has 6 heteroatoms. The van der Waals surface area contributed by atoms with E-state index in [2.05, 4.69) is 5.32 Å². The molecule has 1 fully saturated rings.